The molecule has 0 aromatic carbocycles. The van der Waals surface area contributed by atoms with Gasteiger partial charge in [-0.15, -0.1) is 0 Å². The highest BCUT2D eigenvalue weighted by Gasteiger charge is 2.24. The highest BCUT2D eigenvalue weighted by molar-refractivity contribution is 7.80. The molecule has 110 valence electrons. The lowest BCUT2D eigenvalue weighted by Gasteiger charge is -2.26. The molecule has 0 fully saturated rings. The van der Waals surface area contributed by atoms with Crippen LogP contribution in [0.5, 0.6) is 0 Å². The van der Waals surface area contributed by atoms with Gasteiger partial charge in [0.2, 0.25) is 17.7 Å². The molecule has 7 heteroatoms. The quantitative estimate of drug-likeness (QED) is 0.635. The number of rotatable bonds is 7. The first-order chi connectivity index (χ1) is 8.87. The Balaban J connectivity index is 4.55. The highest BCUT2D eigenvalue weighted by atomic mass is 32.1. The van der Waals surface area contributed by atoms with Crippen molar-refractivity contribution in [1.29, 1.82) is 0 Å². The average molecular weight is 289 g/mol. The van der Waals surface area contributed by atoms with Crippen LogP contribution in [0.1, 0.15) is 20.8 Å². The summed E-state index contributed by atoms with van der Waals surface area (Å²) in [4.78, 5) is 37.9. The normalized spacial score (nSPS) is 11.6. The van der Waals surface area contributed by atoms with Crippen LogP contribution in [-0.2, 0) is 14.4 Å². The number of nitrogens with one attached hydrogen (secondary N) is 1. The summed E-state index contributed by atoms with van der Waals surface area (Å²) in [5.41, 5.74) is 0. The molecule has 0 aliphatic rings. The third-order valence-corrected chi connectivity index (χ3v) is 3.09. The molecule has 0 bridgehead atoms. The van der Waals surface area contributed by atoms with E-state index in [0.29, 0.717) is 13.1 Å². The summed E-state index contributed by atoms with van der Waals surface area (Å²) >= 11 is 4.03. The molecular weight excluding hydrogens is 266 g/mol. The number of hydrogen-bond acceptors (Lipinski definition) is 4. The van der Waals surface area contributed by atoms with E-state index in [9.17, 15) is 14.4 Å². The Morgan fingerprint density at radius 3 is 2.11 bits per heavy atom. The van der Waals surface area contributed by atoms with E-state index in [-0.39, 0.29) is 30.0 Å². The van der Waals surface area contributed by atoms with Crippen molar-refractivity contribution < 1.29 is 14.4 Å². The number of nitrogens with zero attached hydrogens (tertiary/aromatic N) is 2. The van der Waals surface area contributed by atoms with Gasteiger partial charge in [-0.1, -0.05) is 0 Å². The van der Waals surface area contributed by atoms with E-state index in [0.717, 1.165) is 0 Å². The number of likely N-dealkylation sites (N-methyl/N-ethyl adjacent to an activating group) is 2. The fourth-order valence-electron chi connectivity index (χ4n) is 1.65. The van der Waals surface area contributed by atoms with Gasteiger partial charge in [0, 0.05) is 32.8 Å². The van der Waals surface area contributed by atoms with Crippen LogP contribution in [0.25, 0.3) is 0 Å². The predicted molar refractivity (Wildman–Crippen MR) is 77.0 cm³/mol. The van der Waals surface area contributed by atoms with E-state index >= 15 is 0 Å². The first-order valence-electron chi connectivity index (χ1n) is 6.28. The Labute approximate surface area is 119 Å². The fraction of sp³-hybridized carbons (Fsp3) is 0.750. The molecule has 0 radical (unpaired) electrons. The summed E-state index contributed by atoms with van der Waals surface area (Å²) < 4.78 is 0. The molecule has 19 heavy (non-hydrogen) atoms. The van der Waals surface area contributed by atoms with Gasteiger partial charge in [0.1, 0.15) is 6.04 Å². The minimum Gasteiger partial charge on any atom is -0.344 e. The van der Waals surface area contributed by atoms with E-state index in [4.69, 9.17) is 0 Å². The van der Waals surface area contributed by atoms with Crippen molar-refractivity contribution in [2.75, 3.05) is 32.4 Å². The SMILES string of the molecule is CCN(CC)C(=O)CN(C)C(=O)C(CS)NC(C)=O. The minimum absolute atomic E-state index is 0.00434. The molecule has 0 heterocycles. The summed E-state index contributed by atoms with van der Waals surface area (Å²) in [5, 5.41) is 2.51. The van der Waals surface area contributed by atoms with Crippen LogP contribution in [0, 0.1) is 0 Å². The van der Waals surface area contributed by atoms with Crippen molar-refractivity contribution in [3.05, 3.63) is 0 Å². The lowest BCUT2D eigenvalue weighted by Crippen LogP contribution is -2.50. The molecular formula is C12H23N3O3S. The van der Waals surface area contributed by atoms with Gasteiger partial charge >= 0.3 is 0 Å². The topological polar surface area (TPSA) is 69.7 Å². The summed E-state index contributed by atoms with van der Waals surface area (Å²) in [5.74, 6) is -0.523. The molecule has 0 spiro atoms. The summed E-state index contributed by atoms with van der Waals surface area (Å²) in [6, 6.07) is -0.699. The zero-order valence-corrected chi connectivity index (χ0v) is 12.9. The minimum atomic E-state index is -0.699. The van der Waals surface area contributed by atoms with Crippen molar-refractivity contribution in [2.24, 2.45) is 0 Å². The van der Waals surface area contributed by atoms with Crippen molar-refractivity contribution >= 4 is 30.4 Å². The first-order valence-corrected chi connectivity index (χ1v) is 6.91. The van der Waals surface area contributed by atoms with Crippen molar-refractivity contribution in [1.82, 2.24) is 15.1 Å². The molecule has 0 aromatic heterocycles. The molecule has 1 unspecified atom stereocenters. The number of hydrogen-bond donors (Lipinski definition) is 2. The second-order valence-corrected chi connectivity index (χ2v) is 4.56. The van der Waals surface area contributed by atoms with E-state index in [1.165, 1.54) is 11.8 Å². The lowest BCUT2D eigenvalue weighted by molar-refractivity contribution is -0.140. The van der Waals surface area contributed by atoms with Crippen LogP contribution in [-0.4, -0.2) is 66.0 Å². The number of amides is 3. The van der Waals surface area contributed by atoms with Crippen LogP contribution in [0.2, 0.25) is 0 Å². The van der Waals surface area contributed by atoms with Crippen LogP contribution in [0.15, 0.2) is 0 Å². The standard InChI is InChI=1S/C12H23N3O3S/c1-5-15(6-2)11(17)7-14(4)12(18)10(8-19)13-9(3)16/h10,19H,5-8H2,1-4H3,(H,13,16). The monoisotopic (exact) mass is 289 g/mol. The van der Waals surface area contributed by atoms with Crippen LogP contribution < -0.4 is 5.32 Å². The van der Waals surface area contributed by atoms with Gasteiger partial charge in [0.25, 0.3) is 0 Å². The molecule has 0 saturated heterocycles. The van der Waals surface area contributed by atoms with Gasteiger partial charge in [-0.3, -0.25) is 14.4 Å². The fourth-order valence-corrected chi connectivity index (χ4v) is 1.90. The van der Waals surface area contributed by atoms with E-state index in [2.05, 4.69) is 17.9 Å². The lowest BCUT2D eigenvalue weighted by atomic mass is 10.2. The third-order valence-electron chi connectivity index (χ3n) is 2.72. The van der Waals surface area contributed by atoms with Crippen LogP contribution >= 0.6 is 12.6 Å². The predicted octanol–water partition coefficient (Wildman–Crippen LogP) is -0.252. The zero-order chi connectivity index (χ0) is 15.0. The van der Waals surface area contributed by atoms with E-state index < -0.39 is 6.04 Å². The number of carbonyl (C=O) groups is 3. The van der Waals surface area contributed by atoms with Crippen molar-refractivity contribution in [2.45, 2.75) is 26.8 Å². The Morgan fingerprint density at radius 2 is 1.74 bits per heavy atom. The van der Waals surface area contributed by atoms with Gasteiger partial charge in [-0.25, -0.2) is 0 Å². The Bertz CT molecular complexity index is 332. The molecule has 6 nitrogen and oxygen atoms in total. The Kier molecular flexibility index (Phi) is 8.22. The van der Waals surface area contributed by atoms with Gasteiger partial charge in [0.05, 0.1) is 6.54 Å². The maximum atomic E-state index is 12.0. The molecule has 0 saturated carbocycles. The average Bonchev–Trinajstić information content (AvgIpc) is 2.36. The van der Waals surface area contributed by atoms with E-state index in [1.807, 2.05) is 13.8 Å². The number of thiol groups is 1. The highest BCUT2D eigenvalue weighted by Crippen LogP contribution is 1.98. The molecule has 1 N–H and O–H groups in total. The summed E-state index contributed by atoms with van der Waals surface area (Å²) in [6.45, 7) is 6.33. The van der Waals surface area contributed by atoms with Crippen molar-refractivity contribution in [3.63, 3.8) is 0 Å². The largest absolute Gasteiger partial charge is 0.344 e. The number of carbonyl (C=O) groups excluding carboxylic acids is 3. The maximum Gasteiger partial charge on any atom is 0.246 e. The molecule has 0 rings (SSSR count). The molecule has 3 amide bonds. The second-order valence-electron chi connectivity index (χ2n) is 4.20. The van der Waals surface area contributed by atoms with Gasteiger partial charge in [-0.05, 0) is 13.8 Å². The maximum absolute atomic E-state index is 12.0. The summed E-state index contributed by atoms with van der Waals surface area (Å²) in [7, 11) is 1.54. The van der Waals surface area contributed by atoms with Gasteiger partial charge in [0.15, 0.2) is 0 Å². The Morgan fingerprint density at radius 1 is 1.21 bits per heavy atom. The molecule has 0 aliphatic carbocycles. The van der Waals surface area contributed by atoms with Gasteiger partial charge in [-0.2, -0.15) is 12.6 Å². The van der Waals surface area contributed by atoms with Crippen molar-refractivity contribution in [3.8, 4) is 0 Å². The second kappa shape index (κ2) is 8.79. The van der Waals surface area contributed by atoms with E-state index in [1.54, 1.807) is 11.9 Å². The zero-order valence-electron chi connectivity index (χ0n) is 12.0. The smallest absolute Gasteiger partial charge is 0.246 e. The first kappa shape index (κ1) is 17.8. The summed E-state index contributed by atoms with van der Waals surface area (Å²) in [6.07, 6.45) is 0. The molecule has 0 aliphatic heterocycles. The third kappa shape index (κ3) is 5.96. The Hall–Kier alpha value is -1.24. The van der Waals surface area contributed by atoms with Crippen LogP contribution in [0.4, 0.5) is 0 Å². The van der Waals surface area contributed by atoms with Gasteiger partial charge < -0.3 is 15.1 Å². The molecule has 0 aromatic rings. The van der Waals surface area contributed by atoms with Crippen LogP contribution in [0.3, 0.4) is 0 Å². The molecule has 1 atom stereocenters.